The van der Waals surface area contributed by atoms with Gasteiger partial charge in [-0.15, -0.1) is 0 Å². The van der Waals surface area contributed by atoms with Crippen molar-refractivity contribution >= 4 is 23.0 Å². The summed E-state index contributed by atoms with van der Waals surface area (Å²) in [6.07, 6.45) is -4.66. The average molecular weight is 452 g/mol. The van der Waals surface area contributed by atoms with Crippen molar-refractivity contribution in [2.24, 2.45) is 0 Å². The van der Waals surface area contributed by atoms with Crippen LogP contribution in [-0.2, 0) is 11.0 Å². The number of aryl methyl sites for hydroxylation is 1. The van der Waals surface area contributed by atoms with Crippen LogP contribution in [-0.4, -0.2) is 55.6 Å². The summed E-state index contributed by atoms with van der Waals surface area (Å²) in [7, 11) is 1.51. The predicted octanol–water partition coefficient (Wildman–Crippen LogP) is 3.69. The van der Waals surface area contributed by atoms with E-state index in [4.69, 9.17) is 4.74 Å². The second-order valence-electron chi connectivity index (χ2n) is 7.47. The third-order valence-corrected chi connectivity index (χ3v) is 5.21. The molecule has 1 saturated heterocycles. The lowest BCUT2D eigenvalue weighted by Gasteiger charge is -2.35. The molecule has 0 spiro atoms. The molecule has 0 atom stereocenters. The van der Waals surface area contributed by atoms with Crippen molar-refractivity contribution in [2.75, 3.05) is 50.1 Å². The maximum Gasteiger partial charge on any atom is 0.416 e. The van der Waals surface area contributed by atoms with Gasteiger partial charge in [-0.3, -0.25) is 19.8 Å². The number of carbonyl (C=O) groups is 1. The van der Waals surface area contributed by atoms with Gasteiger partial charge in [0.25, 0.3) is 5.69 Å². The Labute approximate surface area is 182 Å². The zero-order chi connectivity index (χ0) is 23.5. The van der Waals surface area contributed by atoms with E-state index in [0.717, 1.165) is 17.7 Å². The van der Waals surface area contributed by atoms with Gasteiger partial charge < -0.3 is 15.0 Å². The number of halogens is 3. The molecule has 11 heteroatoms. The number of alkyl halides is 3. The normalized spacial score (nSPS) is 14.8. The largest absolute Gasteiger partial charge is 0.495 e. The smallest absolute Gasteiger partial charge is 0.416 e. The minimum absolute atomic E-state index is 0.111. The molecule has 1 N–H and O–H groups in total. The number of nitro benzene ring substituents is 1. The number of piperazine rings is 1. The van der Waals surface area contributed by atoms with Gasteiger partial charge in [0, 0.05) is 32.2 Å². The van der Waals surface area contributed by atoms with E-state index in [-0.39, 0.29) is 18.1 Å². The summed E-state index contributed by atoms with van der Waals surface area (Å²) < 4.78 is 44.0. The van der Waals surface area contributed by atoms with Crippen molar-refractivity contribution < 1.29 is 27.6 Å². The lowest BCUT2D eigenvalue weighted by atomic mass is 10.1. The van der Waals surface area contributed by atoms with Crippen LogP contribution in [0.5, 0.6) is 5.75 Å². The van der Waals surface area contributed by atoms with E-state index in [1.54, 1.807) is 17.0 Å². The predicted molar refractivity (Wildman–Crippen MR) is 113 cm³/mol. The van der Waals surface area contributed by atoms with Crippen molar-refractivity contribution in [3.8, 4) is 5.75 Å². The molecule has 1 amide bonds. The first-order valence-corrected chi connectivity index (χ1v) is 9.86. The molecule has 0 aromatic heterocycles. The molecule has 1 heterocycles. The summed E-state index contributed by atoms with van der Waals surface area (Å²) >= 11 is 0. The van der Waals surface area contributed by atoms with Crippen molar-refractivity contribution in [3.05, 3.63) is 57.6 Å². The van der Waals surface area contributed by atoms with Gasteiger partial charge in [0.05, 0.1) is 29.8 Å². The second-order valence-corrected chi connectivity index (χ2v) is 7.47. The summed E-state index contributed by atoms with van der Waals surface area (Å²) in [5, 5.41) is 14.2. The van der Waals surface area contributed by atoms with E-state index in [2.05, 4.69) is 5.32 Å². The van der Waals surface area contributed by atoms with E-state index in [1.807, 2.05) is 17.9 Å². The number of carbonyl (C=O) groups excluding carboxylic acids is 1. The van der Waals surface area contributed by atoms with E-state index in [9.17, 15) is 28.1 Å². The zero-order valence-corrected chi connectivity index (χ0v) is 17.6. The van der Waals surface area contributed by atoms with Crippen LogP contribution in [0.2, 0.25) is 0 Å². The summed E-state index contributed by atoms with van der Waals surface area (Å²) in [5.74, 6) is 0.311. The molecule has 172 valence electrons. The first kappa shape index (κ1) is 23.3. The first-order chi connectivity index (χ1) is 15.1. The monoisotopic (exact) mass is 452 g/mol. The molecule has 0 saturated carbocycles. The molecule has 32 heavy (non-hydrogen) atoms. The van der Waals surface area contributed by atoms with Crippen molar-refractivity contribution in [1.82, 2.24) is 4.90 Å². The van der Waals surface area contributed by atoms with E-state index < -0.39 is 22.4 Å². The van der Waals surface area contributed by atoms with Gasteiger partial charge >= 0.3 is 6.18 Å². The Hall–Kier alpha value is -3.34. The van der Waals surface area contributed by atoms with Crippen LogP contribution in [0.1, 0.15) is 11.1 Å². The molecular formula is C21H23F3N4O4. The lowest BCUT2D eigenvalue weighted by molar-refractivity contribution is -0.384. The quantitative estimate of drug-likeness (QED) is 0.531. The molecule has 0 aliphatic carbocycles. The highest BCUT2D eigenvalue weighted by Gasteiger charge is 2.34. The Morgan fingerprint density at radius 2 is 1.84 bits per heavy atom. The number of benzene rings is 2. The van der Waals surface area contributed by atoms with Crippen molar-refractivity contribution in [3.63, 3.8) is 0 Å². The summed E-state index contributed by atoms with van der Waals surface area (Å²) in [6, 6.07) is 7.97. The Bertz CT molecular complexity index is 1010. The highest BCUT2D eigenvalue weighted by atomic mass is 19.4. The lowest BCUT2D eigenvalue weighted by Crippen LogP contribution is -2.48. The van der Waals surface area contributed by atoms with Gasteiger partial charge in [-0.05, 0) is 36.8 Å². The topological polar surface area (TPSA) is 88.0 Å². The van der Waals surface area contributed by atoms with E-state index in [0.29, 0.717) is 43.7 Å². The number of ether oxygens (including phenoxy) is 1. The Kier molecular flexibility index (Phi) is 6.87. The molecule has 2 aromatic rings. The fourth-order valence-electron chi connectivity index (χ4n) is 3.57. The van der Waals surface area contributed by atoms with E-state index >= 15 is 0 Å². The minimum Gasteiger partial charge on any atom is -0.495 e. The molecule has 2 aromatic carbocycles. The van der Waals surface area contributed by atoms with Crippen LogP contribution in [0.15, 0.2) is 36.4 Å². The Morgan fingerprint density at radius 1 is 1.16 bits per heavy atom. The molecule has 8 nitrogen and oxygen atoms in total. The third-order valence-electron chi connectivity index (χ3n) is 5.21. The van der Waals surface area contributed by atoms with Gasteiger partial charge in [-0.25, -0.2) is 0 Å². The molecule has 0 bridgehead atoms. The number of amides is 1. The van der Waals surface area contributed by atoms with Gasteiger partial charge in [0.15, 0.2) is 0 Å². The molecule has 0 unspecified atom stereocenters. The van der Waals surface area contributed by atoms with Crippen LogP contribution in [0.4, 0.5) is 30.2 Å². The summed E-state index contributed by atoms with van der Waals surface area (Å²) in [5.41, 5.74) is 0.0216. The number of hydrogen-bond acceptors (Lipinski definition) is 6. The number of nitro groups is 1. The third kappa shape index (κ3) is 5.47. The molecule has 1 aliphatic heterocycles. The van der Waals surface area contributed by atoms with Crippen LogP contribution < -0.4 is 15.0 Å². The number of hydrogen-bond donors (Lipinski definition) is 1. The molecular weight excluding hydrogens is 429 g/mol. The average Bonchev–Trinajstić information content (AvgIpc) is 2.73. The van der Waals surface area contributed by atoms with Gasteiger partial charge in [0.1, 0.15) is 11.4 Å². The number of nitrogens with one attached hydrogen (secondary N) is 1. The first-order valence-electron chi connectivity index (χ1n) is 9.86. The molecule has 1 fully saturated rings. The van der Waals surface area contributed by atoms with Gasteiger partial charge in [0.2, 0.25) is 5.91 Å². The number of rotatable bonds is 6. The van der Waals surface area contributed by atoms with Crippen LogP contribution >= 0.6 is 0 Å². The summed E-state index contributed by atoms with van der Waals surface area (Å²) in [6.45, 7) is 3.54. The highest BCUT2D eigenvalue weighted by Crippen LogP contribution is 2.36. The number of nitrogens with zero attached hydrogens (tertiary/aromatic N) is 3. The van der Waals surface area contributed by atoms with Gasteiger partial charge in [-0.1, -0.05) is 6.07 Å². The Balaban J connectivity index is 1.62. The number of anilines is 2. The SMILES string of the molecule is COc1ccc(C)cc1NC(=O)CN1CCN(c2ccc(C(F)(F)F)cc2[N+](=O)[O-])CC1. The minimum atomic E-state index is -4.66. The fraction of sp³-hybridized carbons (Fsp3) is 0.381. The van der Waals surface area contributed by atoms with Crippen LogP contribution in [0.25, 0.3) is 0 Å². The van der Waals surface area contributed by atoms with Crippen LogP contribution in [0.3, 0.4) is 0 Å². The maximum atomic E-state index is 12.9. The molecule has 1 aliphatic rings. The Morgan fingerprint density at radius 3 is 2.44 bits per heavy atom. The maximum absolute atomic E-state index is 12.9. The summed E-state index contributed by atoms with van der Waals surface area (Å²) in [4.78, 5) is 26.5. The fourth-order valence-corrected chi connectivity index (χ4v) is 3.57. The molecule has 3 rings (SSSR count). The second kappa shape index (κ2) is 9.43. The van der Waals surface area contributed by atoms with Gasteiger partial charge in [-0.2, -0.15) is 13.2 Å². The highest BCUT2D eigenvalue weighted by molar-refractivity contribution is 5.93. The molecule has 0 radical (unpaired) electrons. The zero-order valence-electron chi connectivity index (χ0n) is 17.6. The standard InChI is InChI=1S/C21H23F3N4O4/c1-14-3-6-19(32-2)16(11-14)25-20(29)13-26-7-9-27(10-8-26)17-5-4-15(21(22,23)24)12-18(17)28(30)31/h3-6,11-12H,7-10,13H2,1-2H3,(H,25,29). The van der Waals surface area contributed by atoms with Crippen molar-refractivity contribution in [1.29, 1.82) is 0 Å². The van der Waals surface area contributed by atoms with Crippen LogP contribution in [0, 0.1) is 17.0 Å². The van der Waals surface area contributed by atoms with E-state index in [1.165, 1.54) is 7.11 Å². The number of methoxy groups -OCH3 is 1. The van der Waals surface area contributed by atoms with Crippen molar-refractivity contribution in [2.45, 2.75) is 13.1 Å².